The second-order valence-electron chi connectivity index (χ2n) is 8.56. The molecule has 2 aromatic carbocycles. The van der Waals surface area contributed by atoms with Crippen LogP contribution in [0.3, 0.4) is 0 Å². The lowest BCUT2D eigenvalue weighted by molar-refractivity contribution is -0.146. The largest absolute Gasteiger partial charge is 0.468 e. The van der Waals surface area contributed by atoms with Crippen LogP contribution in [0.1, 0.15) is 30.0 Å². The number of aromatic nitrogens is 2. The number of hydrogen-bond acceptors (Lipinski definition) is 6. The van der Waals surface area contributed by atoms with E-state index in [1.807, 2.05) is 36.6 Å². The van der Waals surface area contributed by atoms with Gasteiger partial charge in [0.1, 0.15) is 17.5 Å². The van der Waals surface area contributed by atoms with Gasteiger partial charge in [-0.3, -0.25) is 14.2 Å². The molecule has 1 aromatic heterocycles. The van der Waals surface area contributed by atoms with Gasteiger partial charge in [0.25, 0.3) is 0 Å². The Kier molecular flexibility index (Phi) is 5.54. The van der Waals surface area contributed by atoms with Crippen LogP contribution in [-0.4, -0.2) is 67.0 Å². The van der Waals surface area contributed by atoms with E-state index in [4.69, 9.17) is 9.72 Å². The average Bonchev–Trinajstić information content (AvgIpc) is 3.18. The van der Waals surface area contributed by atoms with Crippen molar-refractivity contribution in [1.82, 2.24) is 14.5 Å². The summed E-state index contributed by atoms with van der Waals surface area (Å²) in [6.07, 6.45) is 0.803. The van der Waals surface area contributed by atoms with E-state index in [-0.39, 0.29) is 5.97 Å². The number of nitrogens with zero attached hydrogens (tertiary/aromatic N) is 4. The van der Waals surface area contributed by atoms with Gasteiger partial charge in [0.15, 0.2) is 0 Å². The fourth-order valence-corrected chi connectivity index (χ4v) is 4.09. The summed E-state index contributed by atoms with van der Waals surface area (Å²) in [6, 6.07) is 13.7. The van der Waals surface area contributed by atoms with E-state index in [2.05, 4.69) is 29.0 Å². The first-order chi connectivity index (χ1) is 14.8. The van der Waals surface area contributed by atoms with Crippen LogP contribution >= 0.6 is 0 Å². The first-order valence-corrected chi connectivity index (χ1v) is 10.5. The van der Waals surface area contributed by atoms with E-state index >= 15 is 0 Å². The number of rotatable bonds is 5. The maximum Gasteiger partial charge on any atom is 0.318 e. The Morgan fingerprint density at radius 2 is 1.77 bits per heavy atom. The summed E-state index contributed by atoms with van der Waals surface area (Å²) in [5.41, 5.74) is 3.14. The normalized spacial score (nSPS) is 15.3. The molecule has 162 valence electrons. The van der Waals surface area contributed by atoms with E-state index in [1.54, 1.807) is 12.1 Å². The number of piperazine rings is 1. The maximum absolute atomic E-state index is 12.6. The number of likely N-dealkylation sites (N-methyl/N-ethyl adjacent to an activating group) is 1. The van der Waals surface area contributed by atoms with Gasteiger partial charge in [-0.25, -0.2) is 4.98 Å². The summed E-state index contributed by atoms with van der Waals surface area (Å²) < 4.78 is 7.07. The first kappa shape index (κ1) is 21.1. The number of anilines is 1. The zero-order valence-electron chi connectivity index (χ0n) is 18.5. The van der Waals surface area contributed by atoms with Gasteiger partial charge in [-0.05, 0) is 57.3 Å². The van der Waals surface area contributed by atoms with Crippen LogP contribution in [0, 0.1) is 0 Å². The molecule has 0 aliphatic carbocycles. The monoisotopic (exact) mass is 420 g/mol. The zero-order chi connectivity index (χ0) is 22.2. The van der Waals surface area contributed by atoms with E-state index in [9.17, 15) is 9.59 Å². The summed E-state index contributed by atoms with van der Waals surface area (Å²) in [7, 11) is 3.52. The average molecular weight is 421 g/mol. The minimum atomic E-state index is -0.973. The molecule has 1 aliphatic rings. The van der Waals surface area contributed by atoms with Crippen molar-refractivity contribution in [2.75, 3.05) is 45.2 Å². The van der Waals surface area contributed by atoms with Crippen LogP contribution in [0.4, 0.5) is 5.69 Å². The highest BCUT2D eigenvalue weighted by molar-refractivity contribution is 5.89. The minimum absolute atomic E-state index is 0.366. The highest BCUT2D eigenvalue weighted by Gasteiger charge is 2.37. The van der Waals surface area contributed by atoms with Crippen LogP contribution in [0.5, 0.6) is 0 Å². The molecule has 2 heterocycles. The minimum Gasteiger partial charge on any atom is -0.468 e. The molecule has 3 aromatic rings. The number of aldehydes is 1. The number of fused-ring (bicyclic) bond motifs is 1. The van der Waals surface area contributed by atoms with Crippen molar-refractivity contribution in [3.8, 4) is 5.69 Å². The Morgan fingerprint density at radius 1 is 1.06 bits per heavy atom. The van der Waals surface area contributed by atoms with Crippen LogP contribution in [0.25, 0.3) is 16.7 Å². The molecule has 1 fully saturated rings. The summed E-state index contributed by atoms with van der Waals surface area (Å²) in [4.78, 5) is 33.4. The Bertz CT molecular complexity index is 1130. The van der Waals surface area contributed by atoms with Crippen LogP contribution < -0.4 is 4.90 Å². The van der Waals surface area contributed by atoms with Gasteiger partial charge in [-0.15, -0.1) is 0 Å². The van der Waals surface area contributed by atoms with Gasteiger partial charge in [0.05, 0.1) is 18.1 Å². The molecule has 0 bridgehead atoms. The number of esters is 1. The van der Waals surface area contributed by atoms with Gasteiger partial charge >= 0.3 is 5.97 Å². The molecule has 0 amide bonds. The summed E-state index contributed by atoms with van der Waals surface area (Å²) in [6.45, 7) is 7.59. The predicted molar refractivity (Wildman–Crippen MR) is 121 cm³/mol. The van der Waals surface area contributed by atoms with Crippen molar-refractivity contribution >= 4 is 29.0 Å². The third-order valence-electron chi connectivity index (χ3n) is 6.03. The third-order valence-corrected chi connectivity index (χ3v) is 6.03. The summed E-state index contributed by atoms with van der Waals surface area (Å²) in [5.74, 6) is 0.211. The van der Waals surface area contributed by atoms with Crippen LogP contribution in [-0.2, 0) is 14.9 Å². The topological polar surface area (TPSA) is 67.7 Å². The standard InChI is InChI=1S/C24H28N4O3/c1-24(2,23(30)31-4)22-25-20-14-17(16-29)8-9-21(20)28(22)19-7-5-6-18(15-19)27-12-10-26(3)11-13-27/h5-9,14-16H,10-13H2,1-4H3. The second kappa shape index (κ2) is 8.15. The molecule has 0 saturated carbocycles. The van der Waals surface area contributed by atoms with Gasteiger partial charge in [0.2, 0.25) is 0 Å². The molecule has 31 heavy (non-hydrogen) atoms. The van der Waals surface area contributed by atoms with Crippen molar-refractivity contribution in [3.63, 3.8) is 0 Å². The van der Waals surface area contributed by atoms with Crippen molar-refractivity contribution in [2.45, 2.75) is 19.3 Å². The fraction of sp³-hybridized carbons (Fsp3) is 0.375. The molecule has 1 saturated heterocycles. The highest BCUT2D eigenvalue weighted by Crippen LogP contribution is 2.32. The van der Waals surface area contributed by atoms with Gasteiger partial charge in [0, 0.05) is 43.1 Å². The van der Waals surface area contributed by atoms with Crippen molar-refractivity contribution in [3.05, 3.63) is 53.9 Å². The molecule has 4 rings (SSSR count). The third kappa shape index (κ3) is 3.81. The Morgan fingerprint density at radius 3 is 2.45 bits per heavy atom. The smallest absolute Gasteiger partial charge is 0.318 e. The molecule has 0 radical (unpaired) electrons. The number of hydrogen-bond donors (Lipinski definition) is 0. The number of methoxy groups -OCH3 is 1. The second-order valence-corrected chi connectivity index (χ2v) is 8.56. The number of imidazole rings is 1. The molecule has 0 N–H and O–H groups in total. The van der Waals surface area contributed by atoms with Crippen LogP contribution in [0.2, 0.25) is 0 Å². The number of ether oxygens (including phenoxy) is 1. The van der Waals surface area contributed by atoms with E-state index in [1.165, 1.54) is 7.11 Å². The lowest BCUT2D eigenvalue weighted by Gasteiger charge is -2.34. The van der Waals surface area contributed by atoms with Crippen molar-refractivity contribution in [2.24, 2.45) is 0 Å². The molecule has 0 unspecified atom stereocenters. The molecular weight excluding hydrogens is 392 g/mol. The Balaban J connectivity index is 1.88. The van der Waals surface area contributed by atoms with Gasteiger partial charge < -0.3 is 14.5 Å². The van der Waals surface area contributed by atoms with Crippen molar-refractivity contribution in [1.29, 1.82) is 0 Å². The zero-order valence-corrected chi connectivity index (χ0v) is 18.5. The molecular formula is C24H28N4O3. The lowest BCUT2D eigenvalue weighted by atomic mass is 9.92. The summed E-state index contributed by atoms with van der Waals surface area (Å²) >= 11 is 0. The number of carbonyl (C=O) groups is 2. The quantitative estimate of drug-likeness (QED) is 0.467. The first-order valence-electron chi connectivity index (χ1n) is 10.5. The van der Waals surface area contributed by atoms with Crippen molar-refractivity contribution < 1.29 is 14.3 Å². The predicted octanol–water partition coefficient (Wildman–Crippen LogP) is 3.04. The SMILES string of the molecule is COC(=O)C(C)(C)c1nc2cc(C=O)ccc2n1-c1cccc(N2CCN(C)CC2)c1. The number of benzene rings is 2. The molecule has 1 aliphatic heterocycles. The molecule has 7 nitrogen and oxygen atoms in total. The summed E-state index contributed by atoms with van der Waals surface area (Å²) in [5, 5.41) is 0. The van der Waals surface area contributed by atoms with E-state index < -0.39 is 5.41 Å². The van der Waals surface area contributed by atoms with E-state index in [0.717, 1.165) is 49.4 Å². The molecule has 7 heteroatoms. The van der Waals surface area contributed by atoms with Gasteiger partial charge in [-0.2, -0.15) is 0 Å². The Labute approximate surface area is 182 Å². The van der Waals surface area contributed by atoms with Gasteiger partial charge in [-0.1, -0.05) is 6.07 Å². The fourth-order valence-electron chi connectivity index (χ4n) is 4.09. The van der Waals surface area contributed by atoms with Crippen LogP contribution in [0.15, 0.2) is 42.5 Å². The highest BCUT2D eigenvalue weighted by atomic mass is 16.5. The lowest BCUT2D eigenvalue weighted by Crippen LogP contribution is -2.44. The molecule has 0 spiro atoms. The molecule has 0 atom stereocenters. The Hall–Kier alpha value is -3.19. The van der Waals surface area contributed by atoms with E-state index in [0.29, 0.717) is 16.9 Å². The number of carbonyl (C=O) groups excluding carboxylic acids is 2. The maximum atomic E-state index is 12.6.